The summed E-state index contributed by atoms with van der Waals surface area (Å²) in [6.45, 7) is 8.26. The van der Waals surface area contributed by atoms with Crippen molar-refractivity contribution in [1.82, 2.24) is 9.88 Å². The fraction of sp³-hybridized carbons (Fsp3) is 0.360. The Morgan fingerprint density at radius 3 is 2.69 bits per heavy atom. The first-order valence-electron chi connectivity index (χ1n) is 10.3. The van der Waals surface area contributed by atoms with Crippen LogP contribution < -0.4 is 0 Å². The lowest BCUT2D eigenvalue weighted by Gasteiger charge is -2.35. The quantitative estimate of drug-likeness (QED) is 0.404. The lowest BCUT2D eigenvalue weighted by Crippen LogP contribution is -2.34. The van der Waals surface area contributed by atoms with Gasteiger partial charge in [0.15, 0.2) is 0 Å². The average molecular weight is 408 g/mol. The smallest absolute Gasteiger partial charge is 0.0676 e. The first-order valence-corrected chi connectivity index (χ1v) is 10.7. The Bertz CT molecular complexity index is 860. The van der Waals surface area contributed by atoms with Crippen molar-refractivity contribution >= 4 is 17.3 Å². The molecule has 2 heterocycles. The normalized spacial score (nSPS) is 17.2. The van der Waals surface area contributed by atoms with Gasteiger partial charge in [0.2, 0.25) is 0 Å². The van der Waals surface area contributed by atoms with E-state index in [9.17, 15) is 0 Å². The lowest BCUT2D eigenvalue weighted by molar-refractivity contribution is 0.163. The number of likely N-dealkylation sites (tertiary alicyclic amines) is 1. The molecule has 4 heteroatoms. The Morgan fingerprint density at radius 1 is 1.28 bits per heavy atom. The molecule has 0 bridgehead atoms. The minimum Gasteiger partial charge on any atom is -0.296 e. The summed E-state index contributed by atoms with van der Waals surface area (Å²) in [5.41, 5.74) is 5.58. The average Bonchev–Trinajstić information content (AvgIpc) is 2.73. The molecule has 0 aliphatic carbocycles. The molecule has 1 fully saturated rings. The summed E-state index contributed by atoms with van der Waals surface area (Å²) in [5, 5.41) is 0.735. The Kier molecular flexibility index (Phi) is 7.79. The number of benzene rings is 1. The maximum atomic E-state index is 6.35. The van der Waals surface area contributed by atoms with E-state index >= 15 is 0 Å². The Morgan fingerprint density at radius 2 is 2.07 bits per heavy atom. The zero-order valence-corrected chi connectivity index (χ0v) is 18.2. The minimum absolute atomic E-state index is 0.271. The SMILES string of the molecule is C=C/C=C(/CC(c1cccnc1)N1CCCCC1)C(=NC)c1cc(C)cc(Cl)c1. The first kappa shape index (κ1) is 21.5. The van der Waals surface area contributed by atoms with E-state index in [4.69, 9.17) is 11.6 Å². The van der Waals surface area contributed by atoms with E-state index in [-0.39, 0.29) is 6.04 Å². The van der Waals surface area contributed by atoms with E-state index in [2.05, 4.69) is 46.6 Å². The molecule has 152 valence electrons. The highest BCUT2D eigenvalue weighted by atomic mass is 35.5. The van der Waals surface area contributed by atoms with Gasteiger partial charge in [0.25, 0.3) is 0 Å². The molecule has 29 heavy (non-hydrogen) atoms. The van der Waals surface area contributed by atoms with Gasteiger partial charge in [0.05, 0.1) is 5.71 Å². The number of aromatic nitrogens is 1. The number of halogens is 1. The second-order valence-corrected chi connectivity index (χ2v) is 8.06. The maximum absolute atomic E-state index is 6.35. The standard InChI is InChI=1S/C25H30ClN3/c1-4-9-20(25(27-3)22-14-19(2)15-23(26)16-22)17-24(21-10-8-11-28-18-21)29-12-6-5-7-13-29/h4,8-11,14-16,18,24H,1,5-7,12-13,17H2,2-3H3/b20-9-,27-25?. The topological polar surface area (TPSA) is 28.5 Å². The van der Waals surface area contributed by atoms with E-state index in [0.717, 1.165) is 41.4 Å². The predicted molar refractivity (Wildman–Crippen MR) is 124 cm³/mol. The van der Waals surface area contributed by atoms with Gasteiger partial charge in [-0.05, 0) is 80.2 Å². The van der Waals surface area contributed by atoms with Crippen molar-refractivity contribution < 1.29 is 0 Å². The highest BCUT2D eigenvalue weighted by molar-refractivity contribution is 6.31. The predicted octanol–water partition coefficient (Wildman–Crippen LogP) is 6.19. The molecule has 0 amide bonds. The van der Waals surface area contributed by atoms with Gasteiger partial charge in [-0.25, -0.2) is 0 Å². The van der Waals surface area contributed by atoms with Crippen molar-refractivity contribution in [1.29, 1.82) is 0 Å². The Balaban J connectivity index is 1.97. The van der Waals surface area contributed by atoms with Crippen molar-refractivity contribution in [3.05, 3.63) is 88.7 Å². The highest BCUT2D eigenvalue weighted by Gasteiger charge is 2.25. The van der Waals surface area contributed by atoms with Crippen LogP contribution in [0.1, 0.15) is 48.4 Å². The minimum atomic E-state index is 0.271. The van der Waals surface area contributed by atoms with E-state index in [1.54, 1.807) is 0 Å². The molecular formula is C25H30ClN3. The van der Waals surface area contributed by atoms with Crippen LogP contribution in [0.25, 0.3) is 0 Å². The monoisotopic (exact) mass is 407 g/mol. The van der Waals surface area contributed by atoms with Crippen LogP contribution in [0.5, 0.6) is 0 Å². The lowest BCUT2D eigenvalue weighted by atomic mass is 9.91. The van der Waals surface area contributed by atoms with Gasteiger partial charge >= 0.3 is 0 Å². The second-order valence-electron chi connectivity index (χ2n) is 7.62. The molecule has 0 N–H and O–H groups in total. The summed E-state index contributed by atoms with van der Waals surface area (Å²) >= 11 is 6.35. The molecule has 1 aliphatic heterocycles. The third-order valence-corrected chi connectivity index (χ3v) is 5.69. The molecule has 1 atom stereocenters. The van der Waals surface area contributed by atoms with Gasteiger partial charge in [0.1, 0.15) is 0 Å². The van der Waals surface area contributed by atoms with Crippen LogP contribution >= 0.6 is 11.6 Å². The molecular weight excluding hydrogens is 378 g/mol. The summed E-state index contributed by atoms with van der Waals surface area (Å²) in [6.07, 6.45) is 12.5. The number of nitrogens with zero attached hydrogens (tertiary/aromatic N) is 3. The highest BCUT2D eigenvalue weighted by Crippen LogP contribution is 2.32. The molecule has 3 nitrogen and oxygen atoms in total. The summed E-state index contributed by atoms with van der Waals surface area (Å²) < 4.78 is 0. The number of aryl methyl sites for hydroxylation is 1. The van der Waals surface area contributed by atoms with Crippen LogP contribution in [0.3, 0.4) is 0 Å². The summed E-state index contributed by atoms with van der Waals surface area (Å²) in [5.74, 6) is 0. The third-order valence-electron chi connectivity index (χ3n) is 5.48. The number of hydrogen-bond acceptors (Lipinski definition) is 3. The van der Waals surface area contributed by atoms with E-state index in [1.165, 1.54) is 30.4 Å². The molecule has 0 saturated carbocycles. The van der Waals surface area contributed by atoms with Gasteiger partial charge in [-0.1, -0.05) is 42.8 Å². The molecule has 0 spiro atoms. The van der Waals surface area contributed by atoms with Gasteiger partial charge in [-0.3, -0.25) is 14.9 Å². The Hall–Kier alpha value is -2.23. The van der Waals surface area contributed by atoms with Crippen molar-refractivity contribution in [3.63, 3.8) is 0 Å². The number of rotatable bonds is 7. The second kappa shape index (κ2) is 10.5. The molecule has 0 radical (unpaired) electrons. The fourth-order valence-electron chi connectivity index (χ4n) is 4.19. The van der Waals surface area contributed by atoms with Gasteiger partial charge in [-0.2, -0.15) is 0 Å². The Labute approximate surface area is 179 Å². The maximum Gasteiger partial charge on any atom is 0.0676 e. The molecule has 1 aromatic heterocycles. The van der Waals surface area contributed by atoms with Crippen LogP contribution in [-0.2, 0) is 0 Å². The molecule has 2 aromatic rings. The van der Waals surface area contributed by atoms with Crippen molar-refractivity contribution in [3.8, 4) is 0 Å². The third kappa shape index (κ3) is 5.65. The van der Waals surface area contributed by atoms with Crippen LogP contribution in [0.4, 0.5) is 0 Å². The zero-order chi connectivity index (χ0) is 20.6. The number of pyridine rings is 1. The molecule has 1 unspecified atom stereocenters. The van der Waals surface area contributed by atoms with Crippen LogP contribution in [-0.4, -0.2) is 35.7 Å². The van der Waals surface area contributed by atoms with Crippen molar-refractivity contribution in [2.24, 2.45) is 4.99 Å². The largest absolute Gasteiger partial charge is 0.296 e. The van der Waals surface area contributed by atoms with E-state index in [0.29, 0.717) is 0 Å². The van der Waals surface area contributed by atoms with Crippen LogP contribution in [0, 0.1) is 6.92 Å². The summed E-state index contributed by atoms with van der Waals surface area (Å²) in [4.78, 5) is 11.6. The van der Waals surface area contributed by atoms with Crippen molar-refractivity contribution in [2.45, 2.75) is 38.6 Å². The fourth-order valence-corrected chi connectivity index (χ4v) is 4.48. The van der Waals surface area contributed by atoms with Gasteiger partial charge < -0.3 is 0 Å². The molecule has 3 rings (SSSR count). The number of hydrogen-bond donors (Lipinski definition) is 0. The van der Waals surface area contributed by atoms with E-state index in [1.807, 2.05) is 43.7 Å². The summed E-state index contributed by atoms with van der Waals surface area (Å²) in [7, 11) is 1.85. The van der Waals surface area contributed by atoms with Gasteiger partial charge in [-0.15, -0.1) is 0 Å². The van der Waals surface area contributed by atoms with Gasteiger partial charge in [0, 0.05) is 36.1 Å². The number of piperidine rings is 1. The van der Waals surface area contributed by atoms with Crippen LogP contribution in [0.2, 0.25) is 5.02 Å². The molecule has 1 saturated heterocycles. The first-order chi connectivity index (χ1) is 14.1. The number of aliphatic imine (C=N–C) groups is 1. The molecule has 1 aromatic carbocycles. The molecule has 1 aliphatic rings. The number of allylic oxidation sites excluding steroid dienone is 2. The van der Waals surface area contributed by atoms with Crippen molar-refractivity contribution in [2.75, 3.05) is 20.1 Å². The van der Waals surface area contributed by atoms with E-state index < -0.39 is 0 Å². The van der Waals surface area contributed by atoms with Crippen LogP contribution in [0.15, 0.2) is 72.0 Å². The summed E-state index contributed by atoms with van der Waals surface area (Å²) in [6, 6.07) is 10.6. The zero-order valence-electron chi connectivity index (χ0n) is 17.4.